The molecule has 0 saturated carbocycles. The maximum Gasteiger partial charge on any atom is 0.152 e. The first kappa shape index (κ1) is 14.0. The minimum atomic E-state index is -0.626. The van der Waals surface area contributed by atoms with E-state index in [4.69, 9.17) is 0 Å². The van der Waals surface area contributed by atoms with Crippen LogP contribution in [0.2, 0.25) is 0 Å². The summed E-state index contributed by atoms with van der Waals surface area (Å²) in [5, 5.41) is 7.33. The molecular formula is C16H15F2N5. The van der Waals surface area contributed by atoms with Gasteiger partial charge in [-0.15, -0.1) is 0 Å². The van der Waals surface area contributed by atoms with Gasteiger partial charge in [0, 0.05) is 42.3 Å². The van der Waals surface area contributed by atoms with Crippen LogP contribution in [0.5, 0.6) is 0 Å². The van der Waals surface area contributed by atoms with Gasteiger partial charge in [-0.2, -0.15) is 5.10 Å². The number of fused-ring (bicyclic) bond motifs is 1. The average molecular weight is 315 g/mol. The van der Waals surface area contributed by atoms with E-state index < -0.39 is 11.6 Å². The second-order valence-corrected chi connectivity index (χ2v) is 5.75. The molecule has 0 bridgehead atoms. The Morgan fingerprint density at radius 1 is 1.13 bits per heavy atom. The van der Waals surface area contributed by atoms with Crippen molar-refractivity contribution in [2.45, 2.75) is 18.8 Å². The fourth-order valence-electron chi connectivity index (χ4n) is 3.25. The van der Waals surface area contributed by atoms with Crippen LogP contribution in [0.3, 0.4) is 0 Å². The zero-order chi connectivity index (χ0) is 15.8. The van der Waals surface area contributed by atoms with Crippen LogP contribution in [0.15, 0.2) is 30.7 Å². The number of aromatic nitrogens is 4. The van der Waals surface area contributed by atoms with Crippen LogP contribution in [-0.2, 0) is 0 Å². The molecule has 1 aliphatic rings. The standard InChI is InChI=1S/C16H15F2N5/c17-11-7-12-14(1-4-19-15(12)13(18)8-11)23-5-2-10(3-6-23)16-20-9-21-22-16/h1,4,7-10H,2-3,5-6H2,(H,20,21,22). The van der Waals surface area contributed by atoms with Crippen molar-refractivity contribution in [3.05, 3.63) is 48.2 Å². The highest BCUT2D eigenvalue weighted by Crippen LogP contribution is 2.33. The van der Waals surface area contributed by atoms with Gasteiger partial charge in [0.1, 0.15) is 23.5 Å². The molecule has 0 radical (unpaired) electrons. The number of halogens is 2. The average Bonchev–Trinajstić information content (AvgIpc) is 3.09. The van der Waals surface area contributed by atoms with Gasteiger partial charge in [-0.05, 0) is 25.0 Å². The van der Waals surface area contributed by atoms with Gasteiger partial charge in [-0.3, -0.25) is 10.1 Å². The van der Waals surface area contributed by atoms with Gasteiger partial charge < -0.3 is 4.90 Å². The molecule has 1 aliphatic heterocycles. The largest absolute Gasteiger partial charge is 0.371 e. The van der Waals surface area contributed by atoms with Gasteiger partial charge in [-0.25, -0.2) is 13.8 Å². The van der Waals surface area contributed by atoms with Crippen LogP contribution in [0.25, 0.3) is 10.9 Å². The first-order chi connectivity index (χ1) is 11.2. The van der Waals surface area contributed by atoms with E-state index in [0.29, 0.717) is 11.3 Å². The number of piperidine rings is 1. The highest BCUT2D eigenvalue weighted by Gasteiger charge is 2.24. The summed E-state index contributed by atoms with van der Waals surface area (Å²) in [6.45, 7) is 1.59. The predicted molar refractivity (Wildman–Crippen MR) is 82.2 cm³/mol. The van der Waals surface area contributed by atoms with Crippen LogP contribution < -0.4 is 4.90 Å². The number of anilines is 1. The fourth-order valence-corrected chi connectivity index (χ4v) is 3.25. The summed E-state index contributed by atoms with van der Waals surface area (Å²) in [6, 6.07) is 4.04. The summed E-state index contributed by atoms with van der Waals surface area (Å²) in [5.74, 6) is 0.0378. The highest BCUT2D eigenvalue weighted by atomic mass is 19.1. The molecule has 7 heteroatoms. The van der Waals surface area contributed by atoms with Crippen molar-refractivity contribution < 1.29 is 8.78 Å². The van der Waals surface area contributed by atoms with Crippen molar-refractivity contribution in [1.82, 2.24) is 20.2 Å². The van der Waals surface area contributed by atoms with E-state index in [-0.39, 0.29) is 5.52 Å². The van der Waals surface area contributed by atoms with Gasteiger partial charge in [0.2, 0.25) is 0 Å². The number of nitrogens with zero attached hydrogens (tertiary/aromatic N) is 4. The molecule has 4 rings (SSSR count). The Morgan fingerprint density at radius 2 is 1.96 bits per heavy atom. The van der Waals surface area contributed by atoms with E-state index in [1.165, 1.54) is 12.4 Å². The molecule has 3 aromatic rings. The number of rotatable bonds is 2. The van der Waals surface area contributed by atoms with E-state index in [0.717, 1.165) is 43.5 Å². The van der Waals surface area contributed by atoms with Gasteiger partial charge >= 0.3 is 0 Å². The second-order valence-electron chi connectivity index (χ2n) is 5.75. The fraction of sp³-hybridized carbons (Fsp3) is 0.312. The highest BCUT2D eigenvalue weighted by molar-refractivity contribution is 5.92. The number of H-pyrrole nitrogens is 1. The van der Waals surface area contributed by atoms with Crippen LogP contribution in [0.1, 0.15) is 24.6 Å². The second kappa shape index (κ2) is 5.57. The Morgan fingerprint density at radius 3 is 2.70 bits per heavy atom. The summed E-state index contributed by atoms with van der Waals surface area (Å²) in [6.07, 6.45) is 4.92. The van der Waals surface area contributed by atoms with Crippen LogP contribution >= 0.6 is 0 Å². The molecule has 0 atom stereocenters. The normalized spacial score (nSPS) is 16.2. The molecule has 2 aromatic heterocycles. The van der Waals surface area contributed by atoms with Crippen molar-refractivity contribution in [2.75, 3.05) is 18.0 Å². The van der Waals surface area contributed by atoms with E-state index >= 15 is 0 Å². The van der Waals surface area contributed by atoms with E-state index in [2.05, 4.69) is 25.1 Å². The molecule has 1 saturated heterocycles. The third-order valence-corrected chi connectivity index (χ3v) is 4.40. The van der Waals surface area contributed by atoms with Gasteiger partial charge in [0.05, 0.1) is 0 Å². The molecule has 1 aromatic carbocycles. The van der Waals surface area contributed by atoms with E-state index in [1.54, 1.807) is 6.20 Å². The number of aromatic amines is 1. The van der Waals surface area contributed by atoms with Crippen LogP contribution in [0, 0.1) is 11.6 Å². The van der Waals surface area contributed by atoms with Gasteiger partial charge in [0.15, 0.2) is 5.82 Å². The predicted octanol–water partition coefficient (Wildman–Crippen LogP) is 3.02. The summed E-state index contributed by atoms with van der Waals surface area (Å²) in [5.41, 5.74) is 1.03. The van der Waals surface area contributed by atoms with E-state index in [1.807, 2.05) is 6.07 Å². The molecule has 3 heterocycles. The zero-order valence-corrected chi connectivity index (χ0v) is 12.3. The van der Waals surface area contributed by atoms with E-state index in [9.17, 15) is 8.78 Å². The van der Waals surface area contributed by atoms with Gasteiger partial charge in [-0.1, -0.05) is 0 Å². The number of hydrogen-bond acceptors (Lipinski definition) is 4. The lowest BCUT2D eigenvalue weighted by molar-refractivity contribution is 0.487. The zero-order valence-electron chi connectivity index (χ0n) is 12.3. The Bertz CT molecular complexity index is 826. The van der Waals surface area contributed by atoms with Crippen molar-refractivity contribution in [3.63, 3.8) is 0 Å². The number of pyridine rings is 1. The molecule has 0 unspecified atom stereocenters. The molecule has 0 amide bonds. The smallest absolute Gasteiger partial charge is 0.152 e. The summed E-state index contributed by atoms with van der Waals surface area (Å²) >= 11 is 0. The SMILES string of the molecule is Fc1cc(F)c2nccc(N3CCC(c4ncn[nH]4)CC3)c2c1. The lowest BCUT2D eigenvalue weighted by Crippen LogP contribution is -2.33. The summed E-state index contributed by atoms with van der Waals surface area (Å²) in [4.78, 5) is 10.4. The summed E-state index contributed by atoms with van der Waals surface area (Å²) in [7, 11) is 0. The Kier molecular flexibility index (Phi) is 3.40. The first-order valence-corrected chi connectivity index (χ1v) is 7.56. The topological polar surface area (TPSA) is 57.7 Å². The number of nitrogens with one attached hydrogen (secondary N) is 1. The molecule has 5 nitrogen and oxygen atoms in total. The van der Waals surface area contributed by atoms with Crippen molar-refractivity contribution in [1.29, 1.82) is 0 Å². The lowest BCUT2D eigenvalue weighted by Gasteiger charge is -2.33. The molecule has 1 fully saturated rings. The number of benzene rings is 1. The Balaban J connectivity index is 1.63. The molecule has 0 aliphatic carbocycles. The van der Waals surface area contributed by atoms with Crippen molar-refractivity contribution in [3.8, 4) is 0 Å². The quantitative estimate of drug-likeness (QED) is 0.790. The maximum absolute atomic E-state index is 13.9. The van der Waals surface area contributed by atoms with Crippen LogP contribution in [-0.4, -0.2) is 33.3 Å². The van der Waals surface area contributed by atoms with Gasteiger partial charge in [0.25, 0.3) is 0 Å². The molecular weight excluding hydrogens is 300 g/mol. The molecule has 118 valence electrons. The van der Waals surface area contributed by atoms with Crippen molar-refractivity contribution in [2.24, 2.45) is 0 Å². The summed E-state index contributed by atoms with van der Waals surface area (Å²) < 4.78 is 27.5. The van der Waals surface area contributed by atoms with Crippen molar-refractivity contribution >= 4 is 16.6 Å². The lowest BCUT2D eigenvalue weighted by atomic mass is 9.95. The minimum absolute atomic E-state index is 0.209. The minimum Gasteiger partial charge on any atom is -0.371 e. The first-order valence-electron chi connectivity index (χ1n) is 7.56. The Hall–Kier alpha value is -2.57. The third-order valence-electron chi connectivity index (χ3n) is 4.40. The maximum atomic E-state index is 13.9. The molecule has 0 spiro atoms. The monoisotopic (exact) mass is 315 g/mol. The van der Waals surface area contributed by atoms with Crippen LogP contribution in [0.4, 0.5) is 14.5 Å². The Labute approximate surface area is 131 Å². The number of hydrogen-bond donors (Lipinski definition) is 1. The third kappa shape index (κ3) is 2.52. The molecule has 23 heavy (non-hydrogen) atoms. The molecule has 1 N–H and O–H groups in total.